The number of likely N-dealkylation sites (tertiary alicyclic amines) is 1. The van der Waals surface area contributed by atoms with E-state index in [1.54, 1.807) is 4.90 Å². The minimum absolute atomic E-state index is 0.126. The molecule has 3 atom stereocenters. The molecule has 0 spiro atoms. The second-order valence-electron chi connectivity index (χ2n) is 8.65. The van der Waals surface area contributed by atoms with Crippen molar-refractivity contribution in [1.82, 2.24) is 10.2 Å². The normalized spacial score (nSPS) is 18.6. The molecular formula is C26H32N2O5. The number of hydrogen-bond acceptors (Lipinski definition) is 5. The van der Waals surface area contributed by atoms with E-state index >= 15 is 0 Å². The van der Waals surface area contributed by atoms with Crippen LogP contribution in [0.25, 0.3) is 0 Å². The molecule has 33 heavy (non-hydrogen) atoms. The van der Waals surface area contributed by atoms with Crippen LogP contribution in [0.1, 0.15) is 38.3 Å². The van der Waals surface area contributed by atoms with Crippen LogP contribution in [0.2, 0.25) is 0 Å². The molecule has 0 radical (unpaired) electrons. The average molecular weight is 453 g/mol. The first-order valence-electron chi connectivity index (χ1n) is 11.3. The zero-order chi connectivity index (χ0) is 23.8. The molecular weight excluding hydrogens is 420 g/mol. The maximum atomic E-state index is 13.5. The zero-order valence-corrected chi connectivity index (χ0v) is 19.4. The number of hydrogen-bond donors (Lipinski definition) is 1. The molecule has 1 saturated heterocycles. The first kappa shape index (κ1) is 24.3. The van der Waals surface area contributed by atoms with Gasteiger partial charge in [-0.2, -0.15) is 0 Å². The van der Waals surface area contributed by atoms with E-state index in [2.05, 4.69) is 5.32 Å². The molecule has 0 bridgehead atoms. The van der Waals surface area contributed by atoms with Crippen LogP contribution in [-0.4, -0.2) is 47.6 Å². The van der Waals surface area contributed by atoms with Crippen LogP contribution in [0.4, 0.5) is 4.79 Å². The molecule has 1 aliphatic rings. The van der Waals surface area contributed by atoms with E-state index in [4.69, 9.17) is 9.47 Å². The van der Waals surface area contributed by atoms with Gasteiger partial charge in [0.2, 0.25) is 5.91 Å². The van der Waals surface area contributed by atoms with Crippen molar-refractivity contribution in [3.8, 4) is 0 Å². The maximum absolute atomic E-state index is 13.5. The summed E-state index contributed by atoms with van der Waals surface area (Å²) in [5, 5.41) is 2.74. The van der Waals surface area contributed by atoms with E-state index in [-0.39, 0.29) is 36.5 Å². The molecule has 0 saturated carbocycles. The summed E-state index contributed by atoms with van der Waals surface area (Å²) in [6.07, 6.45) is 0.102. The fourth-order valence-corrected chi connectivity index (χ4v) is 4.13. The third kappa shape index (κ3) is 6.81. The Kier molecular flexibility index (Phi) is 8.46. The molecule has 1 aliphatic heterocycles. The van der Waals surface area contributed by atoms with Crippen LogP contribution in [-0.2, 0) is 32.1 Å². The van der Waals surface area contributed by atoms with Crippen molar-refractivity contribution < 1.29 is 23.9 Å². The third-order valence-electron chi connectivity index (χ3n) is 5.79. The summed E-state index contributed by atoms with van der Waals surface area (Å²) >= 11 is 0. The first-order chi connectivity index (χ1) is 15.8. The highest BCUT2D eigenvalue weighted by molar-refractivity contribution is 5.86. The van der Waals surface area contributed by atoms with Crippen LogP contribution in [0.15, 0.2) is 60.7 Å². The van der Waals surface area contributed by atoms with Gasteiger partial charge in [0.25, 0.3) is 0 Å². The Bertz CT molecular complexity index is 932. The van der Waals surface area contributed by atoms with Gasteiger partial charge in [0, 0.05) is 19.9 Å². The monoisotopic (exact) mass is 452 g/mol. The summed E-state index contributed by atoms with van der Waals surface area (Å²) in [7, 11) is 0. The Morgan fingerprint density at radius 2 is 1.61 bits per heavy atom. The molecule has 0 aromatic heterocycles. The largest absolute Gasteiger partial charge is 0.460 e. The van der Waals surface area contributed by atoms with Gasteiger partial charge in [0.05, 0.1) is 6.04 Å². The first-order valence-corrected chi connectivity index (χ1v) is 11.3. The number of nitrogens with one attached hydrogen (secondary N) is 1. The number of ether oxygens (including phenoxy) is 2. The van der Waals surface area contributed by atoms with Crippen molar-refractivity contribution in [1.29, 1.82) is 0 Å². The minimum Gasteiger partial charge on any atom is -0.460 e. The van der Waals surface area contributed by atoms with E-state index in [0.717, 1.165) is 11.1 Å². The Hall–Kier alpha value is -3.35. The van der Waals surface area contributed by atoms with E-state index in [9.17, 15) is 14.4 Å². The number of carbonyl (C=O) groups is 3. The number of rotatable bonds is 8. The smallest absolute Gasteiger partial charge is 0.408 e. The van der Waals surface area contributed by atoms with Crippen LogP contribution in [0, 0.1) is 5.92 Å². The van der Waals surface area contributed by atoms with Gasteiger partial charge in [0.1, 0.15) is 18.8 Å². The molecule has 1 fully saturated rings. The molecule has 2 amide bonds. The molecule has 3 rings (SSSR count). The highest BCUT2D eigenvalue weighted by atomic mass is 16.6. The van der Waals surface area contributed by atoms with Crippen LogP contribution in [0.5, 0.6) is 0 Å². The molecule has 0 aliphatic carbocycles. The van der Waals surface area contributed by atoms with E-state index < -0.39 is 12.1 Å². The Labute approximate surface area is 195 Å². The highest BCUT2D eigenvalue weighted by Gasteiger charge is 2.42. The van der Waals surface area contributed by atoms with Crippen molar-refractivity contribution in [2.45, 2.75) is 58.4 Å². The molecule has 176 valence electrons. The van der Waals surface area contributed by atoms with Gasteiger partial charge in [-0.15, -0.1) is 0 Å². The summed E-state index contributed by atoms with van der Waals surface area (Å²) in [4.78, 5) is 39.4. The number of amides is 2. The van der Waals surface area contributed by atoms with Gasteiger partial charge in [-0.25, -0.2) is 4.79 Å². The van der Waals surface area contributed by atoms with Crippen molar-refractivity contribution in [3.63, 3.8) is 0 Å². The standard InChI is InChI=1S/C26H32N2O5/c1-18(2)24(27-26(31)32-17-21-12-8-5-9-13-21)25(30)28-15-14-23(33-19(3)29)22(28)16-20-10-6-4-7-11-20/h4-13,18,22-24H,14-17H2,1-3H3,(H,27,31)/t22-,23-,24-/m0/s1. The summed E-state index contributed by atoms with van der Waals surface area (Å²) in [6.45, 7) is 5.72. The quantitative estimate of drug-likeness (QED) is 0.617. The summed E-state index contributed by atoms with van der Waals surface area (Å²) < 4.78 is 10.9. The van der Waals surface area contributed by atoms with Crippen LogP contribution in [0.3, 0.4) is 0 Å². The molecule has 1 N–H and O–H groups in total. The van der Waals surface area contributed by atoms with Crippen LogP contribution >= 0.6 is 0 Å². The second kappa shape index (κ2) is 11.5. The van der Waals surface area contributed by atoms with Crippen molar-refractivity contribution in [3.05, 3.63) is 71.8 Å². The lowest BCUT2D eigenvalue weighted by Crippen LogP contribution is -2.54. The van der Waals surface area contributed by atoms with Crippen molar-refractivity contribution >= 4 is 18.0 Å². The van der Waals surface area contributed by atoms with Gasteiger partial charge in [-0.1, -0.05) is 74.5 Å². The Morgan fingerprint density at radius 1 is 1.00 bits per heavy atom. The molecule has 7 nitrogen and oxygen atoms in total. The van der Waals surface area contributed by atoms with Gasteiger partial charge in [0.15, 0.2) is 0 Å². The van der Waals surface area contributed by atoms with Gasteiger partial charge < -0.3 is 19.7 Å². The fourth-order valence-electron chi connectivity index (χ4n) is 4.13. The summed E-state index contributed by atoms with van der Waals surface area (Å²) in [5.41, 5.74) is 1.92. The fraction of sp³-hybridized carbons (Fsp3) is 0.423. The SMILES string of the molecule is CC(=O)O[C@H]1CCN(C(=O)[C@@H](NC(=O)OCc2ccccc2)C(C)C)[C@H]1Cc1ccccc1. The third-order valence-corrected chi connectivity index (χ3v) is 5.79. The number of carbonyl (C=O) groups excluding carboxylic acids is 3. The maximum Gasteiger partial charge on any atom is 0.408 e. The number of benzene rings is 2. The van der Waals surface area contributed by atoms with Gasteiger partial charge >= 0.3 is 12.1 Å². The van der Waals surface area contributed by atoms with Gasteiger partial charge in [-0.05, 0) is 23.5 Å². The molecule has 2 aromatic carbocycles. The lowest BCUT2D eigenvalue weighted by Gasteiger charge is -2.32. The van der Waals surface area contributed by atoms with Gasteiger partial charge in [-0.3, -0.25) is 9.59 Å². The van der Waals surface area contributed by atoms with E-state index in [1.165, 1.54) is 6.92 Å². The molecule has 2 aromatic rings. The van der Waals surface area contributed by atoms with E-state index in [0.29, 0.717) is 19.4 Å². The number of nitrogens with zero attached hydrogens (tertiary/aromatic N) is 1. The Balaban J connectivity index is 1.70. The van der Waals surface area contributed by atoms with E-state index in [1.807, 2.05) is 74.5 Å². The molecule has 1 heterocycles. The second-order valence-corrected chi connectivity index (χ2v) is 8.65. The number of alkyl carbamates (subject to hydrolysis) is 1. The molecule has 0 unspecified atom stereocenters. The van der Waals surface area contributed by atoms with Crippen molar-refractivity contribution in [2.24, 2.45) is 5.92 Å². The predicted octanol–water partition coefficient (Wildman–Crippen LogP) is 3.71. The Morgan fingerprint density at radius 3 is 2.18 bits per heavy atom. The van der Waals surface area contributed by atoms with Crippen molar-refractivity contribution in [2.75, 3.05) is 6.54 Å². The number of esters is 1. The van der Waals surface area contributed by atoms with Crippen LogP contribution < -0.4 is 5.32 Å². The highest BCUT2D eigenvalue weighted by Crippen LogP contribution is 2.26. The average Bonchev–Trinajstić information content (AvgIpc) is 3.18. The lowest BCUT2D eigenvalue weighted by atomic mass is 9.99. The molecule has 7 heteroatoms. The predicted molar refractivity (Wildman–Crippen MR) is 124 cm³/mol. The lowest BCUT2D eigenvalue weighted by molar-refractivity contribution is -0.149. The summed E-state index contributed by atoms with van der Waals surface area (Å²) in [5.74, 6) is -0.709. The summed E-state index contributed by atoms with van der Waals surface area (Å²) in [6, 6.07) is 18.1. The minimum atomic E-state index is -0.748. The zero-order valence-electron chi connectivity index (χ0n) is 19.4. The topological polar surface area (TPSA) is 84.9 Å².